The number of amides is 1. The van der Waals surface area contributed by atoms with Crippen LogP contribution in [0.5, 0.6) is 0 Å². The van der Waals surface area contributed by atoms with Crippen molar-refractivity contribution in [3.05, 3.63) is 41.6 Å². The first kappa shape index (κ1) is 27.0. The van der Waals surface area contributed by atoms with Crippen molar-refractivity contribution in [2.24, 2.45) is 5.41 Å². The summed E-state index contributed by atoms with van der Waals surface area (Å²) in [6.07, 6.45) is 7.95. The van der Waals surface area contributed by atoms with E-state index in [9.17, 15) is 22.0 Å². The molecule has 0 atom stereocenters. The van der Waals surface area contributed by atoms with E-state index in [2.05, 4.69) is 20.4 Å². The van der Waals surface area contributed by atoms with E-state index in [1.165, 1.54) is 23.7 Å². The van der Waals surface area contributed by atoms with Crippen LogP contribution in [-0.2, 0) is 9.84 Å². The van der Waals surface area contributed by atoms with Crippen LogP contribution in [0.2, 0.25) is 0 Å². The minimum atomic E-state index is -3.48. The molecule has 1 amide bonds. The van der Waals surface area contributed by atoms with Gasteiger partial charge in [0.15, 0.2) is 15.7 Å². The molecule has 9 nitrogen and oxygen atoms in total. The fourth-order valence-corrected chi connectivity index (χ4v) is 7.28. The minimum absolute atomic E-state index is 0. The molecular formula is C26H27F2N6NaO3S. The molecule has 1 aliphatic heterocycles. The Morgan fingerprint density at radius 2 is 1.77 bits per heavy atom. The summed E-state index contributed by atoms with van der Waals surface area (Å²) in [6.45, 7) is 1.45. The van der Waals surface area contributed by atoms with Crippen LogP contribution in [0.25, 0.3) is 16.4 Å². The number of aromatic nitrogens is 4. The van der Waals surface area contributed by atoms with Crippen LogP contribution in [-0.4, -0.2) is 58.3 Å². The Hall–Kier alpha value is -2.15. The molecule has 1 spiro atoms. The average Bonchev–Trinajstić information content (AvgIpc) is 3.81. The average molecular weight is 565 g/mol. The maximum absolute atomic E-state index is 13.4. The number of piperidine rings is 1. The van der Waals surface area contributed by atoms with Crippen molar-refractivity contribution in [3.8, 4) is 0 Å². The molecule has 0 radical (unpaired) electrons. The molecule has 3 aromatic rings. The Kier molecular flexibility index (Phi) is 6.56. The third-order valence-corrected chi connectivity index (χ3v) is 10.7. The van der Waals surface area contributed by atoms with Gasteiger partial charge < -0.3 is 15.2 Å². The number of nitrogens with zero attached hydrogens (tertiary/aromatic N) is 6. The van der Waals surface area contributed by atoms with Gasteiger partial charge in [-0.3, -0.25) is 9.48 Å². The molecule has 4 aliphatic rings. The standard InChI is InChI=1S/C26H28F2N6O3S.Na/c27-26(28)12-17(13-26)34-23-16(14-30-34)1-4-21(31-23)32-24(35)22-20(33-9-7-25(5-6-25)8-10-33)11-19(15-29-22)38(36,37)18-2-3-18;/h1,4,11,14-15,17-18H,2-3,5-10,12-13H2,(H,30,31,32,35);/q;+1/p-1. The summed E-state index contributed by atoms with van der Waals surface area (Å²) in [4.78, 5) is 24.4. The third kappa shape index (κ3) is 4.98. The van der Waals surface area contributed by atoms with Crippen molar-refractivity contribution >= 4 is 38.3 Å². The molecule has 3 aliphatic carbocycles. The smallest absolute Gasteiger partial charge is 0.420 e. The molecule has 1 saturated heterocycles. The summed E-state index contributed by atoms with van der Waals surface area (Å²) in [5.74, 6) is -3.21. The minimum Gasteiger partial charge on any atom is -0.420 e. The van der Waals surface area contributed by atoms with Crippen molar-refractivity contribution in [2.45, 2.75) is 73.5 Å². The number of alkyl halides is 2. The number of anilines is 1. The van der Waals surface area contributed by atoms with Crippen molar-refractivity contribution in [1.29, 1.82) is 0 Å². The largest absolute Gasteiger partial charge is 1.00 e. The second kappa shape index (κ2) is 9.46. The van der Waals surface area contributed by atoms with Gasteiger partial charge in [0, 0.05) is 37.5 Å². The zero-order valence-electron chi connectivity index (χ0n) is 21.7. The number of pyridine rings is 2. The van der Waals surface area contributed by atoms with Gasteiger partial charge in [-0.25, -0.2) is 22.2 Å². The van der Waals surface area contributed by atoms with Gasteiger partial charge in [-0.2, -0.15) is 5.10 Å². The van der Waals surface area contributed by atoms with E-state index in [1.54, 1.807) is 24.4 Å². The summed E-state index contributed by atoms with van der Waals surface area (Å²) >= 11 is 0. The van der Waals surface area contributed by atoms with E-state index < -0.39 is 27.7 Å². The Balaban J connectivity index is 0.00000277. The molecule has 0 aromatic carbocycles. The molecule has 3 aromatic heterocycles. The molecule has 0 unspecified atom stereocenters. The third-order valence-electron chi connectivity index (χ3n) is 8.52. The van der Waals surface area contributed by atoms with E-state index in [0.29, 0.717) is 35.0 Å². The Labute approximate surface area is 247 Å². The predicted molar refractivity (Wildman–Crippen MR) is 136 cm³/mol. The Bertz CT molecular complexity index is 1550. The van der Waals surface area contributed by atoms with Crippen LogP contribution in [0.3, 0.4) is 0 Å². The summed E-state index contributed by atoms with van der Waals surface area (Å²) in [5, 5.41) is 8.70. The van der Waals surface area contributed by atoms with Crippen molar-refractivity contribution in [2.75, 3.05) is 18.0 Å². The second-order valence-corrected chi connectivity index (χ2v) is 13.5. The summed E-state index contributed by atoms with van der Waals surface area (Å²) in [5.41, 5.74) is 1.37. The normalized spacial score (nSPS) is 21.8. The molecule has 4 fully saturated rings. The van der Waals surface area contributed by atoms with Crippen LogP contribution < -0.4 is 34.5 Å². The number of rotatable bonds is 6. The van der Waals surface area contributed by atoms with Gasteiger partial charge in [0.05, 0.1) is 33.7 Å². The number of hydrogen-bond acceptors (Lipinski definition) is 7. The van der Waals surface area contributed by atoms with Gasteiger partial charge in [0.1, 0.15) is 5.69 Å². The number of hydrogen-bond donors (Lipinski definition) is 0. The maximum Gasteiger partial charge on any atom is 1.00 e. The fourth-order valence-electron chi connectivity index (χ4n) is 5.67. The quantitative estimate of drug-likeness (QED) is 0.421. The Morgan fingerprint density at radius 3 is 2.41 bits per heavy atom. The van der Waals surface area contributed by atoms with Gasteiger partial charge in [-0.05, 0) is 50.0 Å². The SMILES string of the molecule is O=C([N-]c1ccc2cnn(C3CC(F)(F)C3)c2n1)c1ncc(S(=O)(=O)C2CC2)cc1N1CCC2(CC1)CC2.[Na+]. The predicted octanol–water partition coefficient (Wildman–Crippen LogP) is 1.96. The van der Waals surface area contributed by atoms with E-state index in [-0.39, 0.29) is 64.1 Å². The van der Waals surface area contributed by atoms with Crippen LogP contribution in [0.4, 0.5) is 20.3 Å². The number of sulfone groups is 1. The number of carbonyl (C=O) groups excluding carboxylic acids is 1. The van der Waals surface area contributed by atoms with Crippen LogP contribution in [0.15, 0.2) is 35.5 Å². The maximum atomic E-state index is 13.4. The first-order valence-corrected chi connectivity index (χ1v) is 14.6. The van der Waals surface area contributed by atoms with Gasteiger partial charge >= 0.3 is 29.6 Å². The number of carbonyl (C=O) groups is 1. The van der Waals surface area contributed by atoms with E-state index in [4.69, 9.17) is 0 Å². The number of halogens is 2. The van der Waals surface area contributed by atoms with Crippen LogP contribution in [0, 0.1) is 5.41 Å². The summed E-state index contributed by atoms with van der Waals surface area (Å²) in [7, 11) is -3.48. The monoisotopic (exact) mass is 564 g/mol. The summed E-state index contributed by atoms with van der Waals surface area (Å²) in [6, 6.07) is 4.40. The molecule has 3 saturated carbocycles. The van der Waals surface area contributed by atoms with Crippen molar-refractivity contribution in [1.82, 2.24) is 19.7 Å². The Morgan fingerprint density at radius 1 is 1.05 bits per heavy atom. The molecule has 0 N–H and O–H groups in total. The van der Waals surface area contributed by atoms with E-state index >= 15 is 0 Å². The summed E-state index contributed by atoms with van der Waals surface area (Å²) < 4.78 is 54.2. The van der Waals surface area contributed by atoms with Gasteiger partial charge in [0.2, 0.25) is 0 Å². The van der Waals surface area contributed by atoms with Crippen molar-refractivity contribution < 1.29 is 51.6 Å². The number of fused-ring (bicyclic) bond motifs is 1. The molecule has 200 valence electrons. The molecular weight excluding hydrogens is 537 g/mol. The van der Waals surface area contributed by atoms with Gasteiger partial charge in [-0.15, -0.1) is 0 Å². The van der Waals surface area contributed by atoms with Crippen LogP contribution in [0.1, 0.15) is 67.9 Å². The molecule has 4 heterocycles. The van der Waals surface area contributed by atoms with Gasteiger partial charge in [-0.1, -0.05) is 18.0 Å². The van der Waals surface area contributed by atoms with E-state index in [1.807, 2.05) is 4.90 Å². The van der Waals surface area contributed by atoms with Gasteiger partial charge in [0.25, 0.3) is 5.92 Å². The van der Waals surface area contributed by atoms with E-state index in [0.717, 1.165) is 25.9 Å². The topological polar surface area (TPSA) is 112 Å². The second-order valence-electron chi connectivity index (χ2n) is 11.3. The molecule has 0 bridgehead atoms. The molecule has 39 heavy (non-hydrogen) atoms. The van der Waals surface area contributed by atoms with Crippen LogP contribution >= 0.6 is 0 Å². The fraction of sp³-hybridized carbons (Fsp3) is 0.538. The molecule has 7 rings (SSSR count). The first-order valence-electron chi connectivity index (χ1n) is 13.1. The first-order chi connectivity index (χ1) is 18.1. The van der Waals surface area contributed by atoms with Crippen molar-refractivity contribution in [3.63, 3.8) is 0 Å². The molecule has 13 heteroatoms. The zero-order valence-corrected chi connectivity index (χ0v) is 24.5. The zero-order chi connectivity index (χ0) is 26.3.